The molecule has 3 heterocycles. The van der Waals surface area contributed by atoms with Crippen LogP contribution in [0.2, 0.25) is 0 Å². The van der Waals surface area contributed by atoms with Crippen LogP contribution in [0.4, 0.5) is 0 Å². The number of aryl methyl sites for hydroxylation is 1. The third-order valence-corrected chi connectivity index (χ3v) is 6.91. The molecular formula is C19H28N2O2S. The minimum Gasteiger partial charge on any atom is -0.381 e. The van der Waals surface area contributed by atoms with E-state index in [-0.39, 0.29) is 5.92 Å². The van der Waals surface area contributed by atoms with E-state index in [0.717, 1.165) is 51.7 Å². The summed E-state index contributed by atoms with van der Waals surface area (Å²) < 4.78 is 5.45. The first-order valence-electron chi connectivity index (χ1n) is 9.36. The van der Waals surface area contributed by atoms with Gasteiger partial charge in [-0.2, -0.15) is 0 Å². The molecule has 1 aromatic heterocycles. The van der Waals surface area contributed by atoms with Crippen molar-refractivity contribution in [1.82, 2.24) is 9.80 Å². The predicted octanol–water partition coefficient (Wildman–Crippen LogP) is 2.73. The first-order chi connectivity index (χ1) is 11.7. The number of ether oxygens (including phenoxy) is 1. The molecule has 24 heavy (non-hydrogen) atoms. The molecule has 2 saturated heterocycles. The average molecular weight is 349 g/mol. The fourth-order valence-electron chi connectivity index (χ4n) is 4.11. The summed E-state index contributed by atoms with van der Waals surface area (Å²) in [6.45, 7) is 9.08. The number of piperazine rings is 1. The lowest BCUT2D eigenvalue weighted by Gasteiger charge is -2.37. The van der Waals surface area contributed by atoms with Gasteiger partial charge in [-0.1, -0.05) is 0 Å². The van der Waals surface area contributed by atoms with Crippen molar-refractivity contribution in [1.29, 1.82) is 0 Å². The van der Waals surface area contributed by atoms with Gasteiger partial charge in [0.05, 0.1) is 0 Å². The van der Waals surface area contributed by atoms with Crippen LogP contribution in [0.25, 0.3) is 0 Å². The molecule has 1 aliphatic carbocycles. The zero-order valence-electron chi connectivity index (χ0n) is 14.6. The van der Waals surface area contributed by atoms with Crippen molar-refractivity contribution < 1.29 is 9.53 Å². The van der Waals surface area contributed by atoms with Crippen LogP contribution < -0.4 is 0 Å². The molecule has 2 aliphatic heterocycles. The van der Waals surface area contributed by atoms with E-state index in [4.69, 9.17) is 4.74 Å². The first kappa shape index (κ1) is 16.6. The number of nitrogens with zero attached hydrogens (tertiary/aromatic N) is 2. The number of hydrogen-bond acceptors (Lipinski definition) is 4. The van der Waals surface area contributed by atoms with E-state index in [2.05, 4.69) is 28.9 Å². The third-order valence-electron chi connectivity index (χ3n) is 5.78. The van der Waals surface area contributed by atoms with Crippen LogP contribution in [-0.2, 0) is 9.53 Å². The molecule has 0 unspecified atom stereocenters. The van der Waals surface area contributed by atoms with Gasteiger partial charge < -0.3 is 9.64 Å². The van der Waals surface area contributed by atoms with Crippen LogP contribution in [0, 0.1) is 18.8 Å². The highest BCUT2D eigenvalue weighted by Crippen LogP contribution is 2.50. The van der Waals surface area contributed by atoms with E-state index >= 15 is 0 Å². The molecule has 4 rings (SSSR count). The van der Waals surface area contributed by atoms with Crippen LogP contribution in [0.3, 0.4) is 0 Å². The minimum atomic E-state index is 0.255. The highest BCUT2D eigenvalue weighted by molar-refractivity contribution is 7.12. The molecule has 0 spiro atoms. The van der Waals surface area contributed by atoms with Gasteiger partial charge in [0.2, 0.25) is 5.91 Å². The molecule has 0 aromatic carbocycles. The van der Waals surface area contributed by atoms with Crippen molar-refractivity contribution in [3.8, 4) is 0 Å². The van der Waals surface area contributed by atoms with Gasteiger partial charge in [0.25, 0.3) is 0 Å². The summed E-state index contributed by atoms with van der Waals surface area (Å²) in [5.74, 6) is 1.94. The molecule has 0 bridgehead atoms. The monoisotopic (exact) mass is 348 g/mol. The molecule has 3 fully saturated rings. The Morgan fingerprint density at radius 3 is 2.62 bits per heavy atom. The lowest BCUT2D eigenvalue weighted by atomic mass is 9.99. The van der Waals surface area contributed by atoms with Crippen molar-refractivity contribution >= 4 is 17.2 Å². The molecule has 1 amide bonds. The SMILES string of the molecule is Cc1ccc([C@H]2C[C@H]2C(=O)N2CCN(CC3CCOCC3)CC2)s1. The Bertz CT molecular complexity index is 574. The lowest BCUT2D eigenvalue weighted by molar-refractivity contribution is -0.134. The highest BCUT2D eigenvalue weighted by Gasteiger charge is 2.46. The van der Waals surface area contributed by atoms with Gasteiger partial charge in [0, 0.05) is 67.5 Å². The number of rotatable bonds is 4. The maximum atomic E-state index is 12.7. The Morgan fingerprint density at radius 1 is 1.21 bits per heavy atom. The van der Waals surface area contributed by atoms with Crippen LogP contribution in [0.1, 0.15) is 34.9 Å². The summed E-state index contributed by atoms with van der Waals surface area (Å²) in [5.41, 5.74) is 0. The molecule has 2 atom stereocenters. The summed E-state index contributed by atoms with van der Waals surface area (Å²) in [6, 6.07) is 4.39. The van der Waals surface area contributed by atoms with E-state index in [1.165, 1.54) is 29.1 Å². The average Bonchev–Trinajstić information content (AvgIpc) is 3.30. The first-order valence-corrected chi connectivity index (χ1v) is 10.2. The number of amides is 1. The fourth-order valence-corrected chi connectivity index (χ4v) is 5.17. The summed E-state index contributed by atoms with van der Waals surface area (Å²) in [6.07, 6.45) is 3.45. The van der Waals surface area contributed by atoms with Crippen LogP contribution in [0.5, 0.6) is 0 Å². The summed E-state index contributed by atoms with van der Waals surface area (Å²) in [4.78, 5) is 20.2. The molecular weight excluding hydrogens is 320 g/mol. The molecule has 132 valence electrons. The van der Waals surface area contributed by atoms with Gasteiger partial charge in [-0.3, -0.25) is 9.69 Å². The molecule has 5 heteroatoms. The van der Waals surface area contributed by atoms with E-state index in [1.807, 2.05) is 11.3 Å². The molecule has 0 radical (unpaired) electrons. The molecule has 3 aliphatic rings. The van der Waals surface area contributed by atoms with Crippen LogP contribution in [-0.4, -0.2) is 61.6 Å². The smallest absolute Gasteiger partial charge is 0.226 e. The third kappa shape index (κ3) is 3.68. The second-order valence-electron chi connectivity index (χ2n) is 7.58. The summed E-state index contributed by atoms with van der Waals surface area (Å²) in [7, 11) is 0. The number of hydrogen-bond donors (Lipinski definition) is 0. The number of thiophene rings is 1. The number of carbonyl (C=O) groups is 1. The Hall–Kier alpha value is -0.910. The molecule has 4 nitrogen and oxygen atoms in total. The van der Waals surface area contributed by atoms with Gasteiger partial charge in [-0.15, -0.1) is 11.3 Å². The van der Waals surface area contributed by atoms with E-state index in [0.29, 0.717) is 11.8 Å². The predicted molar refractivity (Wildman–Crippen MR) is 96.5 cm³/mol. The highest BCUT2D eigenvalue weighted by atomic mass is 32.1. The summed E-state index contributed by atoms with van der Waals surface area (Å²) in [5, 5.41) is 0. The van der Waals surface area contributed by atoms with Crippen LogP contribution >= 0.6 is 11.3 Å². The van der Waals surface area contributed by atoms with E-state index < -0.39 is 0 Å². The van der Waals surface area contributed by atoms with Gasteiger partial charge in [-0.05, 0) is 44.2 Å². The van der Waals surface area contributed by atoms with Crippen molar-refractivity contribution in [2.75, 3.05) is 45.9 Å². The Kier molecular flexibility index (Phi) is 4.93. The Balaban J connectivity index is 1.23. The van der Waals surface area contributed by atoms with Crippen molar-refractivity contribution in [2.45, 2.75) is 32.1 Å². The zero-order valence-corrected chi connectivity index (χ0v) is 15.4. The van der Waals surface area contributed by atoms with Crippen molar-refractivity contribution in [2.24, 2.45) is 11.8 Å². The van der Waals surface area contributed by atoms with E-state index in [1.54, 1.807) is 0 Å². The summed E-state index contributed by atoms with van der Waals surface area (Å²) >= 11 is 1.86. The quantitative estimate of drug-likeness (QED) is 0.839. The second kappa shape index (κ2) is 7.14. The maximum absolute atomic E-state index is 12.7. The fraction of sp³-hybridized carbons (Fsp3) is 0.737. The second-order valence-corrected chi connectivity index (χ2v) is 8.90. The molecule has 0 N–H and O–H groups in total. The van der Waals surface area contributed by atoms with Gasteiger partial charge in [-0.25, -0.2) is 0 Å². The van der Waals surface area contributed by atoms with Crippen LogP contribution in [0.15, 0.2) is 12.1 Å². The Morgan fingerprint density at radius 2 is 1.96 bits per heavy atom. The van der Waals surface area contributed by atoms with Gasteiger partial charge in [0.15, 0.2) is 0 Å². The maximum Gasteiger partial charge on any atom is 0.226 e. The lowest BCUT2D eigenvalue weighted by Crippen LogP contribution is -2.50. The standard InChI is InChI=1S/C19H28N2O2S/c1-14-2-3-18(24-14)16-12-17(16)19(22)21-8-6-20(7-9-21)13-15-4-10-23-11-5-15/h2-3,15-17H,4-13H2,1H3/t16-,17+/m0/s1. The van der Waals surface area contributed by atoms with Crippen molar-refractivity contribution in [3.05, 3.63) is 21.9 Å². The topological polar surface area (TPSA) is 32.8 Å². The normalized spacial score (nSPS) is 29.0. The van der Waals surface area contributed by atoms with E-state index in [9.17, 15) is 4.79 Å². The van der Waals surface area contributed by atoms with Crippen molar-refractivity contribution in [3.63, 3.8) is 0 Å². The zero-order chi connectivity index (χ0) is 16.5. The minimum absolute atomic E-state index is 0.255. The molecule has 1 saturated carbocycles. The Labute approximate surface area is 148 Å². The van der Waals surface area contributed by atoms with Gasteiger partial charge >= 0.3 is 0 Å². The van der Waals surface area contributed by atoms with Gasteiger partial charge in [0.1, 0.15) is 0 Å². The molecule has 1 aromatic rings. The number of carbonyl (C=O) groups excluding carboxylic acids is 1. The largest absolute Gasteiger partial charge is 0.381 e.